The van der Waals surface area contributed by atoms with Crippen molar-refractivity contribution in [3.63, 3.8) is 0 Å². The summed E-state index contributed by atoms with van der Waals surface area (Å²) in [6.07, 6.45) is 3.42. The van der Waals surface area contributed by atoms with E-state index in [1.165, 1.54) is 10.8 Å². The molecule has 2 heteroatoms. The van der Waals surface area contributed by atoms with Crippen LogP contribution >= 0.6 is 0 Å². The summed E-state index contributed by atoms with van der Waals surface area (Å²) in [5.41, 5.74) is 2.76. The van der Waals surface area contributed by atoms with E-state index in [4.69, 9.17) is 4.74 Å². The molecule has 0 aromatic heterocycles. The van der Waals surface area contributed by atoms with Crippen molar-refractivity contribution < 1.29 is 9.53 Å². The molecule has 0 spiro atoms. The highest BCUT2D eigenvalue weighted by Gasteiger charge is 2.03. The van der Waals surface area contributed by atoms with Crippen molar-refractivity contribution >= 4 is 22.6 Å². The zero-order valence-corrected chi connectivity index (χ0v) is 15.4. The van der Waals surface area contributed by atoms with Gasteiger partial charge in [-0.25, -0.2) is 0 Å². The van der Waals surface area contributed by atoms with Crippen molar-refractivity contribution in [1.29, 1.82) is 0 Å². The molecule has 0 aliphatic carbocycles. The second-order valence-electron chi connectivity index (χ2n) is 6.56. The van der Waals surface area contributed by atoms with E-state index in [2.05, 4.69) is 30.3 Å². The molecule has 0 fully saturated rings. The standard InChI is InChI=1S/C26H20O2/c27-26(22-10-2-1-3-11-22)17-16-20-8-6-14-24(18-20)28-19-23-13-7-12-21-9-4-5-15-25(21)23/h1-18H,19H2/b17-16+. The summed E-state index contributed by atoms with van der Waals surface area (Å²) in [5, 5.41) is 2.41. The van der Waals surface area contributed by atoms with Gasteiger partial charge in [0.1, 0.15) is 12.4 Å². The van der Waals surface area contributed by atoms with Crippen LogP contribution in [-0.2, 0) is 6.61 Å². The summed E-state index contributed by atoms with van der Waals surface area (Å²) in [7, 11) is 0. The van der Waals surface area contributed by atoms with Crippen LogP contribution in [0.15, 0.2) is 103 Å². The van der Waals surface area contributed by atoms with Crippen LogP contribution in [0.25, 0.3) is 16.8 Å². The molecular weight excluding hydrogens is 344 g/mol. The normalized spacial score (nSPS) is 11.0. The fourth-order valence-corrected chi connectivity index (χ4v) is 3.16. The van der Waals surface area contributed by atoms with Gasteiger partial charge < -0.3 is 4.74 Å². The van der Waals surface area contributed by atoms with Crippen LogP contribution in [0.2, 0.25) is 0 Å². The van der Waals surface area contributed by atoms with E-state index < -0.39 is 0 Å². The Balaban J connectivity index is 1.47. The molecule has 0 amide bonds. The zero-order chi connectivity index (χ0) is 19.2. The van der Waals surface area contributed by atoms with E-state index >= 15 is 0 Å². The van der Waals surface area contributed by atoms with Crippen LogP contribution in [-0.4, -0.2) is 5.78 Å². The van der Waals surface area contributed by atoms with Gasteiger partial charge in [0, 0.05) is 5.56 Å². The summed E-state index contributed by atoms with van der Waals surface area (Å²) >= 11 is 0. The maximum atomic E-state index is 12.2. The van der Waals surface area contributed by atoms with Crippen LogP contribution in [0.4, 0.5) is 0 Å². The highest BCUT2D eigenvalue weighted by atomic mass is 16.5. The fraction of sp³-hybridized carbons (Fsp3) is 0.0385. The van der Waals surface area contributed by atoms with Gasteiger partial charge in [0.05, 0.1) is 0 Å². The van der Waals surface area contributed by atoms with Gasteiger partial charge in [0.15, 0.2) is 5.78 Å². The van der Waals surface area contributed by atoms with Crippen molar-refractivity contribution in [2.45, 2.75) is 6.61 Å². The van der Waals surface area contributed by atoms with Crippen LogP contribution in [0.3, 0.4) is 0 Å². The number of rotatable bonds is 6. The van der Waals surface area contributed by atoms with Crippen LogP contribution < -0.4 is 4.74 Å². The summed E-state index contributed by atoms with van der Waals surface area (Å²) in [6, 6.07) is 31.6. The van der Waals surface area contributed by atoms with E-state index in [9.17, 15) is 4.79 Å². The molecular formula is C26H20O2. The number of hydrogen-bond acceptors (Lipinski definition) is 2. The van der Waals surface area contributed by atoms with Gasteiger partial charge in [-0.2, -0.15) is 0 Å². The first-order valence-electron chi connectivity index (χ1n) is 9.26. The van der Waals surface area contributed by atoms with Gasteiger partial charge in [-0.15, -0.1) is 0 Å². The Morgan fingerprint density at radius 3 is 2.43 bits per heavy atom. The second kappa shape index (κ2) is 8.36. The molecule has 0 atom stereocenters. The van der Waals surface area contributed by atoms with Gasteiger partial charge >= 0.3 is 0 Å². The molecule has 0 bridgehead atoms. The molecule has 0 unspecified atom stereocenters. The minimum absolute atomic E-state index is 0.0114. The largest absolute Gasteiger partial charge is 0.489 e. The fourth-order valence-electron chi connectivity index (χ4n) is 3.16. The van der Waals surface area contributed by atoms with Crippen molar-refractivity contribution in [3.05, 3.63) is 120 Å². The maximum absolute atomic E-state index is 12.2. The van der Waals surface area contributed by atoms with E-state index in [1.54, 1.807) is 6.08 Å². The third-order valence-corrected chi connectivity index (χ3v) is 4.62. The lowest BCUT2D eigenvalue weighted by atomic mass is 10.1. The maximum Gasteiger partial charge on any atom is 0.185 e. The molecule has 28 heavy (non-hydrogen) atoms. The Morgan fingerprint density at radius 2 is 1.54 bits per heavy atom. The molecule has 0 aliphatic rings. The molecule has 0 saturated carbocycles. The molecule has 0 heterocycles. The Kier molecular flexibility index (Phi) is 5.30. The first kappa shape index (κ1) is 17.7. The number of fused-ring (bicyclic) bond motifs is 1. The predicted molar refractivity (Wildman–Crippen MR) is 115 cm³/mol. The smallest absolute Gasteiger partial charge is 0.185 e. The van der Waals surface area contributed by atoms with E-state index in [0.29, 0.717) is 12.2 Å². The lowest BCUT2D eigenvalue weighted by Crippen LogP contribution is -1.96. The topological polar surface area (TPSA) is 26.3 Å². The molecule has 4 aromatic carbocycles. The summed E-state index contributed by atoms with van der Waals surface area (Å²) in [4.78, 5) is 12.2. The van der Waals surface area contributed by atoms with Crippen molar-refractivity contribution in [2.24, 2.45) is 0 Å². The minimum Gasteiger partial charge on any atom is -0.489 e. The molecule has 2 nitrogen and oxygen atoms in total. The second-order valence-corrected chi connectivity index (χ2v) is 6.56. The number of hydrogen-bond donors (Lipinski definition) is 0. The van der Waals surface area contributed by atoms with Gasteiger partial charge in [0.2, 0.25) is 0 Å². The van der Waals surface area contributed by atoms with Crippen molar-refractivity contribution in [1.82, 2.24) is 0 Å². The number of carbonyl (C=O) groups excluding carboxylic acids is 1. The van der Waals surface area contributed by atoms with Crippen molar-refractivity contribution in [2.75, 3.05) is 0 Å². The van der Waals surface area contributed by atoms with Gasteiger partial charge in [0.25, 0.3) is 0 Å². The minimum atomic E-state index is -0.0114. The predicted octanol–water partition coefficient (Wildman–Crippen LogP) is 6.31. The number of allylic oxidation sites excluding steroid dienone is 1. The van der Waals surface area contributed by atoms with E-state index in [0.717, 1.165) is 16.9 Å². The number of carbonyl (C=O) groups is 1. The molecule has 136 valence electrons. The summed E-state index contributed by atoms with van der Waals surface area (Å²) < 4.78 is 6.01. The Morgan fingerprint density at radius 1 is 0.786 bits per heavy atom. The van der Waals surface area contributed by atoms with Crippen molar-refractivity contribution in [3.8, 4) is 5.75 Å². The number of ether oxygens (including phenoxy) is 1. The molecule has 4 rings (SSSR count). The van der Waals surface area contributed by atoms with Crippen LogP contribution in [0.5, 0.6) is 5.75 Å². The Bertz CT molecular complexity index is 1120. The monoisotopic (exact) mass is 364 g/mol. The average Bonchev–Trinajstić information content (AvgIpc) is 2.77. The Labute approximate surface area is 164 Å². The SMILES string of the molecule is O=C(/C=C/c1cccc(OCc2cccc3ccccc23)c1)c1ccccc1. The first-order valence-corrected chi connectivity index (χ1v) is 9.26. The van der Waals surface area contributed by atoms with Crippen LogP contribution in [0, 0.1) is 0 Å². The lowest BCUT2D eigenvalue weighted by Gasteiger charge is -2.09. The number of ketones is 1. The average molecular weight is 364 g/mol. The number of benzene rings is 4. The third-order valence-electron chi connectivity index (χ3n) is 4.62. The molecule has 4 aromatic rings. The lowest BCUT2D eigenvalue weighted by molar-refractivity contribution is 0.104. The van der Waals surface area contributed by atoms with E-state index in [1.807, 2.05) is 72.8 Å². The highest BCUT2D eigenvalue weighted by molar-refractivity contribution is 6.06. The van der Waals surface area contributed by atoms with Gasteiger partial charge in [-0.05, 0) is 40.1 Å². The quantitative estimate of drug-likeness (QED) is 0.296. The highest BCUT2D eigenvalue weighted by Crippen LogP contribution is 2.21. The molecule has 0 N–H and O–H groups in total. The molecule has 0 radical (unpaired) electrons. The molecule has 0 saturated heterocycles. The third kappa shape index (κ3) is 4.18. The Hall–Kier alpha value is -3.65. The first-order chi connectivity index (χ1) is 13.8. The van der Waals surface area contributed by atoms with Gasteiger partial charge in [-0.1, -0.05) is 91.0 Å². The summed E-state index contributed by atoms with van der Waals surface area (Å²) in [5.74, 6) is 0.768. The molecule has 0 aliphatic heterocycles. The van der Waals surface area contributed by atoms with Crippen LogP contribution in [0.1, 0.15) is 21.5 Å². The zero-order valence-electron chi connectivity index (χ0n) is 15.4. The van der Waals surface area contributed by atoms with Gasteiger partial charge in [-0.3, -0.25) is 4.79 Å². The summed E-state index contributed by atoms with van der Waals surface area (Å²) in [6.45, 7) is 0.497. The van der Waals surface area contributed by atoms with E-state index in [-0.39, 0.29) is 5.78 Å².